The van der Waals surface area contributed by atoms with E-state index in [1.807, 2.05) is 4.90 Å². The number of amides is 2. The van der Waals surface area contributed by atoms with E-state index in [0.717, 1.165) is 37.3 Å². The lowest BCUT2D eigenvalue weighted by Gasteiger charge is -2.31. The second-order valence-corrected chi connectivity index (χ2v) is 6.10. The van der Waals surface area contributed by atoms with Crippen LogP contribution in [0.5, 0.6) is 0 Å². The van der Waals surface area contributed by atoms with Gasteiger partial charge in [0.2, 0.25) is 5.91 Å². The van der Waals surface area contributed by atoms with Crippen LogP contribution < -0.4 is 5.32 Å². The predicted molar refractivity (Wildman–Crippen MR) is 88.7 cm³/mol. The lowest BCUT2D eigenvalue weighted by Crippen LogP contribution is -2.37. The van der Waals surface area contributed by atoms with Crippen LogP contribution in [0.2, 0.25) is 0 Å². The molecular formula is C17H21N5O3. The molecule has 1 fully saturated rings. The van der Waals surface area contributed by atoms with Crippen LogP contribution in [0.4, 0.5) is 0 Å². The molecule has 3 heterocycles. The first-order valence-corrected chi connectivity index (χ1v) is 8.30. The van der Waals surface area contributed by atoms with Gasteiger partial charge in [-0.15, -0.1) is 0 Å². The number of piperidine rings is 1. The van der Waals surface area contributed by atoms with Crippen LogP contribution in [0.1, 0.15) is 53.5 Å². The van der Waals surface area contributed by atoms with Crippen molar-refractivity contribution in [3.05, 3.63) is 41.6 Å². The molecule has 1 aliphatic heterocycles. The Kier molecular flexibility index (Phi) is 5.06. The second kappa shape index (κ2) is 7.42. The minimum atomic E-state index is -0.306. The molecule has 0 radical (unpaired) electrons. The maximum Gasteiger partial charge on any atom is 0.273 e. The summed E-state index contributed by atoms with van der Waals surface area (Å²) < 4.78 is 5.05. The summed E-state index contributed by atoms with van der Waals surface area (Å²) >= 11 is 0. The number of carbonyl (C=O) groups excluding carboxylic acids is 2. The molecule has 1 aliphatic rings. The highest BCUT2D eigenvalue weighted by Gasteiger charge is 2.25. The highest BCUT2D eigenvalue weighted by atomic mass is 16.3. The van der Waals surface area contributed by atoms with Crippen molar-refractivity contribution in [1.82, 2.24) is 25.2 Å². The molecule has 1 N–H and O–H groups in total. The third-order valence-electron chi connectivity index (χ3n) is 4.40. The molecule has 0 bridgehead atoms. The summed E-state index contributed by atoms with van der Waals surface area (Å²) in [7, 11) is 0. The van der Waals surface area contributed by atoms with Gasteiger partial charge in [0.15, 0.2) is 11.6 Å². The van der Waals surface area contributed by atoms with Gasteiger partial charge in [0.1, 0.15) is 6.26 Å². The van der Waals surface area contributed by atoms with Crippen LogP contribution in [0.25, 0.3) is 0 Å². The van der Waals surface area contributed by atoms with Gasteiger partial charge in [-0.1, -0.05) is 0 Å². The van der Waals surface area contributed by atoms with E-state index in [4.69, 9.17) is 4.42 Å². The van der Waals surface area contributed by atoms with Crippen molar-refractivity contribution in [2.45, 2.75) is 39.2 Å². The van der Waals surface area contributed by atoms with Crippen LogP contribution in [0.3, 0.4) is 0 Å². The summed E-state index contributed by atoms with van der Waals surface area (Å²) in [4.78, 5) is 38.3. The molecule has 8 nitrogen and oxygen atoms in total. The lowest BCUT2D eigenvalue weighted by molar-refractivity contribution is -0.129. The Balaban J connectivity index is 1.65. The standard InChI is InChI=1S/C17H21N5O3/c1-11-21-15(10-25-11)17(24)20-9-14-16(19-6-5-18-14)13-3-7-22(8-4-13)12(2)23/h5-6,10,13H,3-4,7-9H2,1-2H3,(H,20,24). The number of rotatable bonds is 4. The van der Waals surface area contributed by atoms with Gasteiger partial charge in [-0.2, -0.15) is 0 Å². The fourth-order valence-corrected chi connectivity index (χ4v) is 3.04. The molecule has 25 heavy (non-hydrogen) atoms. The van der Waals surface area contributed by atoms with E-state index in [-0.39, 0.29) is 30.0 Å². The number of oxazole rings is 1. The van der Waals surface area contributed by atoms with E-state index in [0.29, 0.717) is 5.89 Å². The predicted octanol–water partition coefficient (Wildman–Crippen LogP) is 1.43. The van der Waals surface area contributed by atoms with Gasteiger partial charge in [-0.3, -0.25) is 19.6 Å². The Morgan fingerprint density at radius 2 is 2.00 bits per heavy atom. The first-order valence-electron chi connectivity index (χ1n) is 8.30. The summed E-state index contributed by atoms with van der Waals surface area (Å²) in [6.45, 7) is 5.00. The molecule has 0 unspecified atom stereocenters. The Hall–Kier alpha value is -2.77. The fraction of sp³-hybridized carbons (Fsp3) is 0.471. The number of hydrogen-bond acceptors (Lipinski definition) is 6. The molecule has 2 amide bonds. The second-order valence-electron chi connectivity index (χ2n) is 6.10. The molecule has 0 aliphatic carbocycles. The van der Waals surface area contributed by atoms with Crippen molar-refractivity contribution >= 4 is 11.8 Å². The topological polar surface area (TPSA) is 101 Å². The molecule has 8 heteroatoms. The van der Waals surface area contributed by atoms with Crippen molar-refractivity contribution in [3.63, 3.8) is 0 Å². The van der Waals surface area contributed by atoms with Gasteiger partial charge in [0.25, 0.3) is 5.91 Å². The number of aromatic nitrogens is 3. The van der Waals surface area contributed by atoms with Crippen LogP contribution in [-0.4, -0.2) is 44.8 Å². The van der Waals surface area contributed by atoms with Gasteiger partial charge < -0.3 is 14.6 Å². The van der Waals surface area contributed by atoms with Crippen LogP contribution >= 0.6 is 0 Å². The average molecular weight is 343 g/mol. The summed E-state index contributed by atoms with van der Waals surface area (Å²) in [6.07, 6.45) is 6.32. The van der Waals surface area contributed by atoms with E-state index in [1.54, 1.807) is 26.2 Å². The van der Waals surface area contributed by atoms with Crippen LogP contribution in [0, 0.1) is 6.92 Å². The Morgan fingerprint density at radius 1 is 1.28 bits per heavy atom. The largest absolute Gasteiger partial charge is 0.448 e. The van der Waals surface area contributed by atoms with Crippen LogP contribution in [-0.2, 0) is 11.3 Å². The summed E-state index contributed by atoms with van der Waals surface area (Å²) in [5.41, 5.74) is 1.89. The zero-order valence-corrected chi connectivity index (χ0v) is 14.4. The number of carbonyl (C=O) groups is 2. The molecule has 0 atom stereocenters. The number of aryl methyl sites for hydroxylation is 1. The summed E-state index contributed by atoms with van der Waals surface area (Å²) in [5.74, 6) is 0.487. The highest BCUT2D eigenvalue weighted by molar-refractivity contribution is 5.91. The molecule has 0 aromatic carbocycles. The van der Waals surface area contributed by atoms with Gasteiger partial charge in [0, 0.05) is 45.2 Å². The van der Waals surface area contributed by atoms with Crippen molar-refractivity contribution in [3.8, 4) is 0 Å². The Labute approximate surface area is 145 Å². The number of hydrogen-bond donors (Lipinski definition) is 1. The minimum absolute atomic E-state index is 0.105. The quantitative estimate of drug-likeness (QED) is 0.901. The van der Waals surface area contributed by atoms with Gasteiger partial charge in [0.05, 0.1) is 17.9 Å². The molecule has 2 aromatic rings. The SMILES string of the molecule is CC(=O)N1CCC(c2nccnc2CNC(=O)c2coc(C)n2)CC1. The van der Waals surface area contributed by atoms with E-state index >= 15 is 0 Å². The molecule has 3 rings (SSSR count). The number of likely N-dealkylation sites (tertiary alicyclic amines) is 1. The third-order valence-corrected chi connectivity index (χ3v) is 4.40. The molecular weight excluding hydrogens is 322 g/mol. The van der Waals surface area contributed by atoms with Gasteiger partial charge in [-0.05, 0) is 12.8 Å². The van der Waals surface area contributed by atoms with E-state index in [1.165, 1.54) is 6.26 Å². The first-order chi connectivity index (χ1) is 12.0. The molecule has 132 valence electrons. The van der Waals surface area contributed by atoms with E-state index in [2.05, 4.69) is 20.3 Å². The van der Waals surface area contributed by atoms with Crippen molar-refractivity contribution < 1.29 is 14.0 Å². The maximum absolute atomic E-state index is 12.1. The van der Waals surface area contributed by atoms with Crippen molar-refractivity contribution in [1.29, 1.82) is 0 Å². The lowest BCUT2D eigenvalue weighted by atomic mass is 9.92. The molecule has 0 saturated carbocycles. The fourth-order valence-electron chi connectivity index (χ4n) is 3.04. The zero-order chi connectivity index (χ0) is 17.8. The van der Waals surface area contributed by atoms with Gasteiger partial charge >= 0.3 is 0 Å². The zero-order valence-electron chi connectivity index (χ0n) is 14.4. The Bertz CT molecular complexity index is 765. The van der Waals surface area contributed by atoms with Crippen LogP contribution in [0.15, 0.2) is 23.1 Å². The number of nitrogens with one attached hydrogen (secondary N) is 1. The van der Waals surface area contributed by atoms with E-state index < -0.39 is 0 Å². The van der Waals surface area contributed by atoms with E-state index in [9.17, 15) is 9.59 Å². The first kappa shape index (κ1) is 17.1. The monoisotopic (exact) mass is 343 g/mol. The number of nitrogens with zero attached hydrogens (tertiary/aromatic N) is 4. The van der Waals surface area contributed by atoms with Crippen molar-refractivity contribution in [2.75, 3.05) is 13.1 Å². The smallest absolute Gasteiger partial charge is 0.273 e. The molecule has 0 spiro atoms. The average Bonchev–Trinajstić information content (AvgIpc) is 3.06. The molecule has 1 saturated heterocycles. The molecule has 2 aromatic heterocycles. The third kappa shape index (κ3) is 4.01. The normalized spacial score (nSPS) is 15.2. The highest BCUT2D eigenvalue weighted by Crippen LogP contribution is 2.28. The maximum atomic E-state index is 12.1. The summed E-state index contributed by atoms with van der Waals surface area (Å²) in [5, 5.41) is 2.81. The van der Waals surface area contributed by atoms with Crippen molar-refractivity contribution in [2.24, 2.45) is 0 Å². The minimum Gasteiger partial charge on any atom is -0.448 e. The Morgan fingerprint density at radius 3 is 2.64 bits per heavy atom. The summed E-state index contributed by atoms with van der Waals surface area (Å²) in [6, 6.07) is 0. The van der Waals surface area contributed by atoms with Gasteiger partial charge in [-0.25, -0.2) is 4.98 Å².